The van der Waals surface area contributed by atoms with Crippen LogP contribution in [0.25, 0.3) is 5.57 Å². The monoisotopic (exact) mass is 200 g/mol. The average molecular weight is 200 g/mol. The highest BCUT2D eigenvalue weighted by Crippen LogP contribution is 2.23. The minimum absolute atomic E-state index is 1.10. The summed E-state index contributed by atoms with van der Waals surface area (Å²) in [6.07, 6.45) is 3.23. The Labute approximate surface area is 93.3 Å². The van der Waals surface area contributed by atoms with Crippen LogP contribution in [-0.2, 0) is 6.42 Å². The number of benzene rings is 1. The third kappa shape index (κ3) is 2.59. The fraction of sp³-hybridized carbons (Fsp3) is 0.333. The summed E-state index contributed by atoms with van der Waals surface area (Å²) in [5.74, 6) is 0. The second-order valence-corrected chi connectivity index (χ2v) is 3.98. The zero-order valence-corrected chi connectivity index (χ0v) is 10.2. The van der Waals surface area contributed by atoms with Crippen molar-refractivity contribution in [1.82, 2.24) is 0 Å². The summed E-state index contributed by atoms with van der Waals surface area (Å²) in [5.41, 5.74) is 6.45. The van der Waals surface area contributed by atoms with Gasteiger partial charge in [-0.15, -0.1) is 0 Å². The number of aryl methyl sites for hydroxylation is 2. The van der Waals surface area contributed by atoms with Gasteiger partial charge in [0.05, 0.1) is 0 Å². The minimum atomic E-state index is 1.10. The van der Waals surface area contributed by atoms with Gasteiger partial charge in [0.25, 0.3) is 0 Å². The van der Waals surface area contributed by atoms with Crippen molar-refractivity contribution in [2.45, 2.75) is 34.1 Å². The molecule has 1 aromatic carbocycles. The predicted octanol–water partition coefficient (Wildman–Crippen LogP) is 4.54. The first-order chi connectivity index (χ1) is 7.10. The Hall–Kier alpha value is -1.30. The fourth-order valence-electron chi connectivity index (χ4n) is 1.92. The van der Waals surface area contributed by atoms with E-state index in [-0.39, 0.29) is 0 Å². The van der Waals surface area contributed by atoms with Crippen molar-refractivity contribution < 1.29 is 0 Å². The molecule has 0 radical (unpaired) electrons. The van der Waals surface area contributed by atoms with Crippen LogP contribution in [0.1, 0.15) is 37.5 Å². The maximum atomic E-state index is 4.01. The van der Waals surface area contributed by atoms with E-state index in [1.807, 2.05) is 0 Å². The molecule has 0 heterocycles. The van der Waals surface area contributed by atoms with Gasteiger partial charge in [-0.25, -0.2) is 0 Å². The lowest BCUT2D eigenvalue weighted by Crippen LogP contribution is -1.91. The van der Waals surface area contributed by atoms with E-state index in [2.05, 4.69) is 58.5 Å². The molecule has 1 aromatic rings. The topological polar surface area (TPSA) is 0 Å². The Kier molecular flexibility index (Phi) is 3.90. The zero-order valence-electron chi connectivity index (χ0n) is 10.2. The van der Waals surface area contributed by atoms with Gasteiger partial charge in [0, 0.05) is 0 Å². The van der Waals surface area contributed by atoms with E-state index >= 15 is 0 Å². The maximum absolute atomic E-state index is 4.01. The van der Waals surface area contributed by atoms with Crippen LogP contribution in [0.3, 0.4) is 0 Å². The van der Waals surface area contributed by atoms with Crippen LogP contribution in [0.4, 0.5) is 0 Å². The first-order valence-electron chi connectivity index (χ1n) is 5.52. The minimum Gasteiger partial charge on any atom is -0.0955 e. The van der Waals surface area contributed by atoms with Crippen LogP contribution in [0, 0.1) is 6.92 Å². The van der Waals surface area contributed by atoms with E-state index in [0.717, 1.165) is 12.0 Å². The van der Waals surface area contributed by atoms with E-state index in [0.29, 0.717) is 0 Å². The van der Waals surface area contributed by atoms with Crippen molar-refractivity contribution in [3.63, 3.8) is 0 Å². The molecule has 0 spiro atoms. The molecule has 0 N–H and O–H groups in total. The molecular weight excluding hydrogens is 180 g/mol. The number of rotatable bonds is 3. The molecule has 0 amide bonds. The van der Waals surface area contributed by atoms with Crippen LogP contribution in [0.5, 0.6) is 0 Å². The summed E-state index contributed by atoms with van der Waals surface area (Å²) in [6.45, 7) is 12.5. The normalized spacial score (nSPS) is 11.6. The van der Waals surface area contributed by atoms with Gasteiger partial charge in [-0.2, -0.15) is 0 Å². The molecule has 1 rings (SSSR count). The largest absolute Gasteiger partial charge is 0.0955 e. The smallest absolute Gasteiger partial charge is 0.0182 e. The van der Waals surface area contributed by atoms with E-state index in [1.54, 1.807) is 0 Å². The van der Waals surface area contributed by atoms with Gasteiger partial charge in [-0.05, 0) is 49.5 Å². The Balaban J connectivity index is 3.17. The van der Waals surface area contributed by atoms with Crippen LogP contribution in [0.15, 0.2) is 36.4 Å². The van der Waals surface area contributed by atoms with E-state index < -0.39 is 0 Å². The summed E-state index contributed by atoms with van der Waals surface area (Å²) >= 11 is 0. The Morgan fingerprint density at radius 1 is 1.40 bits per heavy atom. The maximum Gasteiger partial charge on any atom is -0.0182 e. The molecule has 80 valence electrons. The highest BCUT2D eigenvalue weighted by Gasteiger charge is 2.03. The Morgan fingerprint density at radius 2 is 2.07 bits per heavy atom. The van der Waals surface area contributed by atoms with Crippen molar-refractivity contribution >= 4 is 5.57 Å². The molecule has 0 heteroatoms. The number of allylic oxidation sites excluding steroid dienone is 3. The average Bonchev–Trinajstić information content (AvgIpc) is 2.18. The summed E-state index contributed by atoms with van der Waals surface area (Å²) in [5, 5.41) is 0. The molecule has 0 aromatic heterocycles. The summed E-state index contributed by atoms with van der Waals surface area (Å²) in [7, 11) is 0. The van der Waals surface area contributed by atoms with Crippen LogP contribution < -0.4 is 0 Å². The number of hydrogen-bond acceptors (Lipinski definition) is 0. The van der Waals surface area contributed by atoms with Crippen molar-refractivity contribution in [2.24, 2.45) is 0 Å². The van der Waals surface area contributed by atoms with Gasteiger partial charge in [0.2, 0.25) is 0 Å². The lowest BCUT2D eigenvalue weighted by Gasteiger charge is -2.10. The molecule has 0 unspecified atom stereocenters. The lowest BCUT2D eigenvalue weighted by molar-refractivity contribution is 1.11. The quantitative estimate of drug-likeness (QED) is 0.628. The highest BCUT2D eigenvalue weighted by molar-refractivity contribution is 5.78. The van der Waals surface area contributed by atoms with Crippen molar-refractivity contribution in [1.29, 1.82) is 0 Å². The molecule has 0 nitrogen and oxygen atoms in total. The first kappa shape index (κ1) is 11.8. The van der Waals surface area contributed by atoms with Crippen molar-refractivity contribution in [2.75, 3.05) is 0 Å². The van der Waals surface area contributed by atoms with Crippen LogP contribution >= 0.6 is 0 Å². The molecule has 0 saturated carbocycles. The molecule has 15 heavy (non-hydrogen) atoms. The molecule has 0 aliphatic heterocycles. The van der Waals surface area contributed by atoms with Crippen LogP contribution in [0.2, 0.25) is 0 Å². The number of hydrogen-bond donors (Lipinski definition) is 0. The molecule has 0 atom stereocenters. The second kappa shape index (κ2) is 4.97. The Morgan fingerprint density at radius 3 is 2.47 bits per heavy atom. The van der Waals surface area contributed by atoms with Gasteiger partial charge in [0.1, 0.15) is 0 Å². The molecular formula is C15H20. The first-order valence-corrected chi connectivity index (χ1v) is 5.52. The van der Waals surface area contributed by atoms with Crippen molar-refractivity contribution in [3.8, 4) is 0 Å². The third-order valence-corrected chi connectivity index (χ3v) is 2.78. The summed E-state index contributed by atoms with van der Waals surface area (Å²) < 4.78 is 0. The van der Waals surface area contributed by atoms with E-state index in [4.69, 9.17) is 0 Å². The lowest BCUT2D eigenvalue weighted by atomic mass is 9.95. The predicted molar refractivity (Wildman–Crippen MR) is 69.0 cm³/mol. The molecule has 0 saturated heterocycles. The fourth-order valence-corrected chi connectivity index (χ4v) is 1.92. The van der Waals surface area contributed by atoms with Crippen LogP contribution in [-0.4, -0.2) is 0 Å². The van der Waals surface area contributed by atoms with E-state index in [9.17, 15) is 0 Å². The molecule has 0 fully saturated rings. The Bertz CT molecular complexity index is 394. The molecule has 0 aliphatic rings. The van der Waals surface area contributed by atoms with Gasteiger partial charge in [-0.3, -0.25) is 0 Å². The molecule has 0 aliphatic carbocycles. The standard InChI is InChI=1S/C15H20/c1-6-13-8-9-14(10-12(13)5)15(7-2)11(3)4/h7-10H,3,6H2,1-2,4-5H3/b15-7+. The summed E-state index contributed by atoms with van der Waals surface area (Å²) in [6, 6.07) is 6.66. The van der Waals surface area contributed by atoms with Gasteiger partial charge in [0.15, 0.2) is 0 Å². The third-order valence-electron chi connectivity index (χ3n) is 2.78. The highest BCUT2D eigenvalue weighted by atomic mass is 14.1. The molecule has 0 bridgehead atoms. The van der Waals surface area contributed by atoms with E-state index in [1.165, 1.54) is 22.3 Å². The SMILES string of the molecule is C=C(C)/C(=C\C)c1ccc(CC)c(C)c1. The van der Waals surface area contributed by atoms with Gasteiger partial charge >= 0.3 is 0 Å². The second-order valence-electron chi connectivity index (χ2n) is 3.98. The van der Waals surface area contributed by atoms with Gasteiger partial charge < -0.3 is 0 Å². The zero-order chi connectivity index (χ0) is 11.4. The van der Waals surface area contributed by atoms with Crippen molar-refractivity contribution in [3.05, 3.63) is 53.1 Å². The summed E-state index contributed by atoms with van der Waals surface area (Å²) in [4.78, 5) is 0. The van der Waals surface area contributed by atoms with Gasteiger partial charge in [-0.1, -0.05) is 43.4 Å².